The van der Waals surface area contributed by atoms with Crippen LogP contribution in [-0.4, -0.2) is 15.6 Å². The van der Waals surface area contributed by atoms with Gasteiger partial charge in [0.25, 0.3) is 0 Å². The number of nitrogens with zero attached hydrogens (tertiary/aromatic N) is 2. The number of carbonyl (C=O) groups is 1. The summed E-state index contributed by atoms with van der Waals surface area (Å²) in [6.45, 7) is 0.0469. The molecule has 5 heteroatoms. The number of carboxylic acid groups (broad SMARTS) is 1. The van der Waals surface area contributed by atoms with Gasteiger partial charge in [0.05, 0.1) is 11.6 Å². The van der Waals surface area contributed by atoms with Crippen LogP contribution >= 0.6 is 22.6 Å². The van der Waals surface area contributed by atoms with E-state index in [1.807, 2.05) is 24.3 Å². The molecular formula is C11H7IN2O2. The number of nitriles is 1. The van der Waals surface area contributed by atoms with Crippen molar-refractivity contribution in [2.75, 3.05) is 0 Å². The number of rotatable bonds is 2. The number of halogens is 1. The van der Waals surface area contributed by atoms with E-state index in [-0.39, 0.29) is 12.2 Å². The van der Waals surface area contributed by atoms with Gasteiger partial charge in [-0.3, -0.25) is 0 Å². The summed E-state index contributed by atoms with van der Waals surface area (Å²) in [5.74, 6) is -1.01. The van der Waals surface area contributed by atoms with Crippen LogP contribution in [0.2, 0.25) is 0 Å². The maximum atomic E-state index is 11.0. The van der Waals surface area contributed by atoms with Crippen LogP contribution in [0, 0.1) is 14.9 Å². The largest absolute Gasteiger partial charge is 0.477 e. The Hall–Kier alpha value is -1.55. The summed E-state index contributed by atoms with van der Waals surface area (Å²) >= 11 is 2.16. The zero-order chi connectivity index (χ0) is 11.7. The first-order chi connectivity index (χ1) is 7.63. The first kappa shape index (κ1) is 11.0. The van der Waals surface area contributed by atoms with Crippen molar-refractivity contribution >= 4 is 39.5 Å². The van der Waals surface area contributed by atoms with Gasteiger partial charge in [-0.05, 0) is 40.8 Å². The van der Waals surface area contributed by atoms with Crippen molar-refractivity contribution in [3.63, 3.8) is 0 Å². The lowest BCUT2D eigenvalue weighted by Gasteiger charge is -2.02. The summed E-state index contributed by atoms with van der Waals surface area (Å²) in [4.78, 5) is 11.0. The molecule has 1 aromatic carbocycles. The molecule has 0 atom stereocenters. The number of aromatic carboxylic acids is 1. The normalized spacial score (nSPS) is 10.2. The second kappa shape index (κ2) is 4.14. The molecule has 80 valence electrons. The SMILES string of the molecule is N#CCn1c(C(=O)O)cc2ccc(I)cc21. The lowest BCUT2D eigenvalue weighted by atomic mass is 10.2. The minimum absolute atomic E-state index is 0.0469. The van der Waals surface area contributed by atoms with Gasteiger partial charge in [0.2, 0.25) is 0 Å². The Labute approximate surface area is 105 Å². The van der Waals surface area contributed by atoms with E-state index in [0.717, 1.165) is 14.5 Å². The third-order valence-corrected chi connectivity index (χ3v) is 2.99. The number of fused-ring (bicyclic) bond motifs is 1. The fourth-order valence-corrected chi connectivity index (χ4v) is 2.12. The number of aromatic nitrogens is 1. The fraction of sp³-hybridized carbons (Fsp3) is 0.0909. The first-order valence-electron chi connectivity index (χ1n) is 4.52. The minimum atomic E-state index is -1.01. The van der Waals surface area contributed by atoms with Gasteiger partial charge in [-0.2, -0.15) is 5.26 Å². The van der Waals surface area contributed by atoms with Crippen molar-refractivity contribution in [1.29, 1.82) is 5.26 Å². The van der Waals surface area contributed by atoms with Crippen molar-refractivity contribution in [1.82, 2.24) is 4.57 Å². The summed E-state index contributed by atoms with van der Waals surface area (Å²) < 4.78 is 2.53. The fourth-order valence-electron chi connectivity index (χ4n) is 1.65. The summed E-state index contributed by atoms with van der Waals surface area (Å²) in [5.41, 5.74) is 0.935. The number of carboxylic acids is 1. The molecule has 0 spiro atoms. The van der Waals surface area contributed by atoms with E-state index in [1.54, 1.807) is 6.07 Å². The van der Waals surface area contributed by atoms with Gasteiger partial charge in [0.1, 0.15) is 12.2 Å². The highest BCUT2D eigenvalue weighted by molar-refractivity contribution is 14.1. The number of hydrogen-bond donors (Lipinski definition) is 1. The van der Waals surface area contributed by atoms with Crippen LogP contribution in [0.4, 0.5) is 0 Å². The second-order valence-corrected chi connectivity index (χ2v) is 4.53. The molecule has 0 aliphatic rings. The van der Waals surface area contributed by atoms with Crippen molar-refractivity contribution in [2.45, 2.75) is 6.54 Å². The molecule has 0 bridgehead atoms. The molecule has 2 rings (SSSR count). The Morgan fingerprint density at radius 1 is 1.50 bits per heavy atom. The van der Waals surface area contributed by atoms with Gasteiger partial charge in [-0.15, -0.1) is 0 Å². The molecule has 1 heterocycles. The average Bonchev–Trinajstić information content (AvgIpc) is 2.58. The van der Waals surface area contributed by atoms with Crippen LogP contribution in [0.15, 0.2) is 24.3 Å². The van der Waals surface area contributed by atoms with E-state index in [2.05, 4.69) is 22.6 Å². The van der Waals surface area contributed by atoms with Crippen molar-refractivity contribution in [2.24, 2.45) is 0 Å². The van der Waals surface area contributed by atoms with Gasteiger partial charge < -0.3 is 9.67 Å². The van der Waals surface area contributed by atoms with Crippen LogP contribution in [0.1, 0.15) is 10.5 Å². The topological polar surface area (TPSA) is 66.0 Å². The van der Waals surface area contributed by atoms with E-state index in [1.165, 1.54) is 4.57 Å². The lowest BCUT2D eigenvalue weighted by molar-refractivity contribution is 0.0686. The molecule has 2 aromatic rings. The van der Waals surface area contributed by atoms with E-state index in [9.17, 15) is 4.79 Å². The van der Waals surface area contributed by atoms with Gasteiger partial charge in [0, 0.05) is 8.96 Å². The molecule has 0 unspecified atom stereocenters. The molecule has 0 saturated carbocycles. The van der Waals surface area contributed by atoms with Crippen LogP contribution < -0.4 is 0 Å². The zero-order valence-corrected chi connectivity index (χ0v) is 10.3. The van der Waals surface area contributed by atoms with E-state index in [4.69, 9.17) is 10.4 Å². The van der Waals surface area contributed by atoms with Gasteiger partial charge in [-0.1, -0.05) is 6.07 Å². The maximum absolute atomic E-state index is 11.0. The van der Waals surface area contributed by atoms with Gasteiger partial charge in [0.15, 0.2) is 0 Å². The second-order valence-electron chi connectivity index (χ2n) is 3.28. The summed E-state index contributed by atoms with van der Waals surface area (Å²) in [6.07, 6.45) is 0. The number of benzene rings is 1. The van der Waals surface area contributed by atoms with Crippen LogP contribution in [0.5, 0.6) is 0 Å². The number of hydrogen-bond acceptors (Lipinski definition) is 2. The maximum Gasteiger partial charge on any atom is 0.352 e. The molecule has 0 saturated heterocycles. The highest BCUT2D eigenvalue weighted by Gasteiger charge is 2.14. The predicted octanol–water partition coefficient (Wildman–Crippen LogP) is 2.47. The highest BCUT2D eigenvalue weighted by Crippen LogP contribution is 2.22. The van der Waals surface area contributed by atoms with Gasteiger partial charge >= 0.3 is 5.97 Å². The highest BCUT2D eigenvalue weighted by atomic mass is 127. The van der Waals surface area contributed by atoms with Crippen molar-refractivity contribution in [3.05, 3.63) is 33.5 Å². The quantitative estimate of drug-likeness (QED) is 0.862. The Balaban J connectivity index is 2.78. The molecule has 16 heavy (non-hydrogen) atoms. The van der Waals surface area contributed by atoms with Crippen LogP contribution in [0.25, 0.3) is 10.9 Å². The third-order valence-electron chi connectivity index (χ3n) is 2.31. The van der Waals surface area contributed by atoms with E-state index in [0.29, 0.717) is 0 Å². The molecule has 0 amide bonds. The van der Waals surface area contributed by atoms with Crippen LogP contribution in [0.3, 0.4) is 0 Å². The Morgan fingerprint density at radius 2 is 2.25 bits per heavy atom. The minimum Gasteiger partial charge on any atom is -0.477 e. The molecule has 4 nitrogen and oxygen atoms in total. The first-order valence-corrected chi connectivity index (χ1v) is 5.60. The molecule has 0 aliphatic heterocycles. The Morgan fingerprint density at radius 3 is 2.88 bits per heavy atom. The van der Waals surface area contributed by atoms with Gasteiger partial charge in [-0.25, -0.2) is 4.79 Å². The van der Waals surface area contributed by atoms with Crippen molar-refractivity contribution < 1.29 is 9.90 Å². The van der Waals surface area contributed by atoms with E-state index >= 15 is 0 Å². The van der Waals surface area contributed by atoms with E-state index < -0.39 is 5.97 Å². The summed E-state index contributed by atoms with van der Waals surface area (Å²) in [5, 5.41) is 18.6. The molecule has 1 N–H and O–H groups in total. The molecular weight excluding hydrogens is 319 g/mol. The standard InChI is InChI=1S/C11H7IN2O2/c12-8-2-1-7-5-10(11(15)16)14(4-3-13)9(7)6-8/h1-2,5-6H,4H2,(H,15,16). The van der Waals surface area contributed by atoms with Crippen molar-refractivity contribution in [3.8, 4) is 6.07 Å². The summed E-state index contributed by atoms with van der Waals surface area (Å²) in [7, 11) is 0. The smallest absolute Gasteiger partial charge is 0.352 e. The zero-order valence-electron chi connectivity index (χ0n) is 8.14. The monoisotopic (exact) mass is 326 g/mol. The Kier molecular flexibility index (Phi) is 2.83. The third kappa shape index (κ3) is 1.76. The van der Waals surface area contributed by atoms with Crippen LogP contribution in [-0.2, 0) is 6.54 Å². The Bertz CT molecular complexity index is 610. The molecule has 0 radical (unpaired) electrons. The summed E-state index contributed by atoms with van der Waals surface area (Å²) in [6, 6.07) is 9.20. The average molecular weight is 326 g/mol. The molecule has 0 fully saturated rings. The lowest BCUT2D eigenvalue weighted by Crippen LogP contribution is -2.07. The molecule has 1 aromatic heterocycles. The predicted molar refractivity (Wildman–Crippen MR) is 67.2 cm³/mol. The molecule has 0 aliphatic carbocycles.